The summed E-state index contributed by atoms with van der Waals surface area (Å²) >= 11 is 6.21. The first-order valence-electron chi connectivity index (χ1n) is 6.58. The van der Waals surface area contributed by atoms with Gasteiger partial charge in [-0.15, -0.1) is 0 Å². The van der Waals surface area contributed by atoms with E-state index in [1.807, 2.05) is 19.3 Å². The average molecular weight is 253 g/mol. The Labute approximate surface area is 109 Å². The number of pyridine rings is 1. The van der Waals surface area contributed by atoms with Gasteiger partial charge < -0.3 is 5.32 Å². The summed E-state index contributed by atoms with van der Waals surface area (Å²) in [5.74, 6) is 0.852. The lowest BCUT2D eigenvalue weighted by Gasteiger charge is -2.27. The van der Waals surface area contributed by atoms with E-state index in [-0.39, 0.29) is 0 Å². The molecule has 1 unspecified atom stereocenters. The third kappa shape index (κ3) is 3.43. The summed E-state index contributed by atoms with van der Waals surface area (Å²) in [6.45, 7) is 0. The van der Waals surface area contributed by atoms with Gasteiger partial charge in [-0.3, -0.25) is 4.98 Å². The van der Waals surface area contributed by atoms with E-state index >= 15 is 0 Å². The van der Waals surface area contributed by atoms with Crippen molar-refractivity contribution in [3.63, 3.8) is 0 Å². The third-order valence-corrected chi connectivity index (χ3v) is 4.14. The zero-order valence-electron chi connectivity index (χ0n) is 10.5. The number of nitrogens with zero attached hydrogens (tertiary/aromatic N) is 1. The fourth-order valence-corrected chi connectivity index (χ4v) is 3.08. The first kappa shape index (κ1) is 12.8. The van der Waals surface area contributed by atoms with Crippen LogP contribution in [0.4, 0.5) is 0 Å². The van der Waals surface area contributed by atoms with Crippen LogP contribution in [0.5, 0.6) is 0 Å². The van der Waals surface area contributed by atoms with Gasteiger partial charge in [-0.25, -0.2) is 0 Å². The van der Waals surface area contributed by atoms with Crippen molar-refractivity contribution in [1.29, 1.82) is 0 Å². The molecular formula is C14H21ClN2. The fraction of sp³-hybridized carbons (Fsp3) is 0.643. The van der Waals surface area contributed by atoms with Gasteiger partial charge in [0.25, 0.3) is 0 Å². The van der Waals surface area contributed by atoms with E-state index in [9.17, 15) is 0 Å². The van der Waals surface area contributed by atoms with Crippen LogP contribution in [0.25, 0.3) is 0 Å². The van der Waals surface area contributed by atoms with Gasteiger partial charge in [0.1, 0.15) is 0 Å². The molecule has 1 fully saturated rings. The molecule has 0 bridgehead atoms. The molecule has 0 amide bonds. The average Bonchev–Trinajstić information content (AvgIpc) is 2.38. The Balaban J connectivity index is 2.03. The Hall–Kier alpha value is -0.600. The van der Waals surface area contributed by atoms with Crippen molar-refractivity contribution in [1.82, 2.24) is 10.3 Å². The molecule has 0 spiro atoms. The van der Waals surface area contributed by atoms with Crippen molar-refractivity contribution in [3.05, 3.63) is 29.0 Å². The number of nitrogens with one attached hydrogen (secondary N) is 1. The molecule has 1 atom stereocenters. The minimum absolute atomic E-state index is 0.369. The van der Waals surface area contributed by atoms with Gasteiger partial charge in [0.05, 0.1) is 5.02 Å². The molecule has 1 N–H and O–H groups in total. The summed E-state index contributed by atoms with van der Waals surface area (Å²) in [5.41, 5.74) is 1.19. The van der Waals surface area contributed by atoms with Crippen molar-refractivity contribution in [2.24, 2.45) is 5.92 Å². The van der Waals surface area contributed by atoms with Crippen molar-refractivity contribution < 1.29 is 0 Å². The zero-order valence-corrected chi connectivity index (χ0v) is 11.2. The Morgan fingerprint density at radius 3 is 2.82 bits per heavy atom. The summed E-state index contributed by atoms with van der Waals surface area (Å²) in [6, 6.07) is 2.40. The second-order valence-corrected chi connectivity index (χ2v) is 5.39. The predicted molar refractivity (Wildman–Crippen MR) is 72.2 cm³/mol. The molecule has 0 radical (unpaired) electrons. The number of hydrogen-bond donors (Lipinski definition) is 1. The van der Waals surface area contributed by atoms with Crippen LogP contribution in [0.1, 0.15) is 50.1 Å². The molecule has 0 saturated heterocycles. The Morgan fingerprint density at radius 1 is 1.41 bits per heavy atom. The molecule has 1 aliphatic carbocycles. The van der Waals surface area contributed by atoms with Crippen molar-refractivity contribution in [2.75, 3.05) is 7.05 Å². The van der Waals surface area contributed by atoms with E-state index in [1.165, 1.54) is 44.1 Å². The molecule has 1 aromatic rings. The molecule has 1 heterocycles. The van der Waals surface area contributed by atoms with Gasteiger partial charge in [0.2, 0.25) is 0 Å². The van der Waals surface area contributed by atoms with E-state index in [0.717, 1.165) is 10.9 Å². The summed E-state index contributed by atoms with van der Waals surface area (Å²) < 4.78 is 0. The standard InChI is InChI=1S/C14H21ClN2/c1-16-14(9-11-5-3-2-4-6-11)12-7-8-17-10-13(12)15/h7-8,10-11,14,16H,2-6,9H2,1H3. The molecule has 17 heavy (non-hydrogen) atoms. The molecule has 1 aromatic heterocycles. The van der Waals surface area contributed by atoms with Crippen LogP contribution < -0.4 is 5.32 Å². The quantitative estimate of drug-likeness (QED) is 0.877. The lowest BCUT2D eigenvalue weighted by molar-refractivity contribution is 0.306. The summed E-state index contributed by atoms with van der Waals surface area (Å²) in [5, 5.41) is 4.17. The summed E-state index contributed by atoms with van der Waals surface area (Å²) in [6.07, 6.45) is 11.7. The predicted octanol–water partition coefficient (Wildman–Crippen LogP) is 3.97. The minimum Gasteiger partial charge on any atom is -0.313 e. The second kappa shape index (κ2) is 6.36. The first-order chi connectivity index (χ1) is 8.31. The number of halogens is 1. The maximum Gasteiger partial charge on any atom is 0.0637 e. The van der Waals surface area contributed by atoms with Crippen molar-refractivity contribution in [3.8, 4) is 0 Å². The monoisotopic (exact) mass is 252 g/mol. The summed E-state index contributed by atoms with van der Waals surface area (Å²) in [7, 11) is 2.02. The number of rotatable bonds is 4. The van der Waals surface area contributed by atoms with Gasteiger partial charge in [0, 0.05) is 18.4 Å². The molecule has 1 saturated carbocycles. The van der Waals surface area contributed by atoms with E-state index in [2.05, 4.69) is 10.3 Å². The van der Waals surface area contributed by atoms with Crippen LogP contribution in [0.15, 0.2) is 18.5 Å². The lowest BCUT2D eigenvalue weighted by atomic mass is 9.83. The molecule has 1 aliphatic rings. The minimum atomic E-state index is 0.369. The summed E-state index contributed by atoms with van der Waals surface area (Å²) in [4.78, 5) is 4.05. The highest BCUT2D eigenvalue weighted by atomic mass is 35.5. The fourth-order valence-electron chi connectivity index (χ4n) is 2.83. The molecule has 3 heteroatoms. The highest BCUT2D eigenvalue weighted by molar-refractivity contribution is 6.31. The van der Waals surface area contributed by atoms with E-state index < -0.39 is 0 Å². The molecule has 0 aromatic carbocycles. The van der Waals surface area contributed by atoms with Crippen LogP contribution >= 0.6 is 11.6 Å². The highest BCUT2D eigenvalue weighted by Gasteiger charge is 2.20. The molecular weight excluding hydrogens is 232 g/mol. The van der Waals surface area contributed by atoms with Gasteiger partial charge in [-0.05, 0) is 31.0 Å². The van der Waals surface area contributed by atoms with Crippen LogP contribution in [-0.2, 0) is 0 Å². The number of hydrogen-bond acceptors (Lipinski definition) is 2. The maximum absolute atomic E-state index is 6.21. The van der Waals surface area contributed by atoms with Gasteiger partial charge >= 0.3 is 0 Å². The van der Waals surface area contributed by atoms with Crippen molar-refractivity contribution in [2.45, 2.75) is 44.6 Å². The normalized spacial score (nSPS) is 19.2. The highest BCUT2D eigenvalue weighted by Crippen LogP contribution is 2.33. The molecule has 0 aliphatic heterocycles. The SMILES string of the molecule is CNC(CC1CCCCC1)c1ccncc1Cl. The second-order valence-electron chi connectivity index (χ2n) is 4.98. The van der Waals surface area contributed by atoms with E-state index in [0.29, 0.717) is 6.04 Å². The first-order valence-corrected chi connectivity index (χ1v) is 6.95. The largest absolute Gasteiger partial charge is 0.313 e. The molecule has 2 nitrogen and oxygen atoms in total. The van der Waals surface area contributed by atoms with Crippen molar-refractivity contribution >= 4 is 11.6 Å². The smallest absolute Gasteiger partial charge is 0.0637 e. The number of aromatic nitrogens is 1. The third-order valence-electron chi connectivity index (χ3n) is 3.82. The van der Waals surface area contributed by atoms with Crippen LogP contribution in [-0.4, -0.2) is 12.0 Å². The maximum atomic E-state index is 6.21. The zero-order chi connectivity index (χ0) is 12.1. The van der Waals surface area contributed by atoms with E-state index in [4.69, 9.17) is 11.6 Å². The Morgan fingerprint density at radius 2 is 2.18 bits per heavy atom. The molecule has 2 rings (SSSR count). The van der Waals surface area contributed by atoms with Crippen LogP contribution in [0.3, 0.4) is 0 Å². The van der Waals surface area contributed by atoms with Crippen LogP contribution in [0, 0.1) is 5.92 Å². The van der Waals surface area contributed by atoms with Gasteiger partial charge in [-0.1, -0.05) is 43.7 Å². The van der Waals surface area contributed by atoms with Gasteiger partial charge in [0.15, 0.2) is 0 Å². The van der Waals surface area contributed by atoms with Crippen LogP contribution in [0.2, 0.25) is 5.02 Å². The Bertz CT molecular complexity index is 348. The Kier molecular flexibility index (Phi) is 4.81. The molecule has 94 valence electrons. The topological polar surface area (TPSA) is 24.9 Å². The van der Waals surface area contributed by atoms with E-state index in [1.54, 1.807) is 6.20 Å². The van der Waals surface area contributed by atoms with Gasteiger partial charge in [-0.2, -0.15) is 0 Å². The lowest BCUT2D eigenvalue weighted by Crippen LogP contribution is -2.21.